The third-order valence-electron chi connectivity index (χ3n) is 1.91. The van der Waals surface area contributed by atoms with Crippen molar-refractivity contribution in [1.29, 1.82) is 0 Å². The summed E-state index contributed by atoms with van der Waals surface area (Å²) in [6.07, 6.45) is 3.80. The fourth-order valence-corrected chi connectivity index (χ4v) is 1.34. The van der Waals surface area contributed by atoms with Gasteiger partial charge in [0.2, 0.25) is 5.91 Å². The molecule has 0 unspecified atom stereocenters. The molecule has 0 aliphatic heterocycles. The molecule has 1 aromatic heterocycles. The number of primary amides is 1. The largest absolute Gasteiger partial charge is 0.385 e. The minimum Gasteiger partial charge on any atom is -0.385 e. The lowest BCUT2D eigenvalue weighted by Gasteiger charge is -2.05. The van der Waals surface area contributed by atoms with Crippen molar-refractivity contribution < 1.29 is 4.79 Å². The van der Waals surface area contributed by atoms with E-state index >= 15 is 0 Å². The number of aromatic nitrogens is 1. The lowest BCUT2D eigenvalue weighted by molar-refractivity contribution is -0.118. The third kappa shape index (κ3) is 5.22. The number of hydrogen-bond donors (Lipinski definition) is 2. The van der Waals surface area contributed by atoms with E-state index in [0.29, 0.717) is 11.6 Å². The van der Waals surface area contributed by atoms with Gasteiger partial charge < -0.3 is 11.1 Å². The highest BCUT2D eigenvalue weighted by Gasteiger charge is 1.96. The topological polar surface area (TPSA) is 68.0 Å². The lowest BCUT2D eigenvalue weighted by atomic mass is 10.2. The normalized spacial score (nSPS) is 9.93. The molecule has 3 N–H and O–H groups in total. The van der Waals surface area contributed by atoms with Gasteiger partial charge >= 0.3 is 0 Å². The molecule has 0 saturated heterocycles. The summed E-state index contributed by atoms with van der Waals surface area (Å²) in [5.74, 6) is -0.248. The number of carbonyl (C=O) groups is 1. The van der Waals surface area contributed by atoms with Crippen molar-refractivity contribution in [3.8, 4) is 0 Å². The monoisotopic (exact) mass is 227 g/mol. The van der Waals surface area contributed by atoms with Crippen molar-refractivity contribution in [2.24, 2.45) is 5.73 Å². The van der Waals surface area contributed by atoms with E-state index in [4.69, 9.17) is 17.3 Å². The first-order valence-corrected chi connectivity index (χ1v) is 5.20. The van der Waals surface area contributed by atoms with E-state index in [-0.39, 0.29) is 5.91 Å². The molecule has 4 nitrogen and oxygen atoms in total. The molecular weight excluding hydrogens is 214 g/mol. The number of nitrogens with two attached hydrogens (primary N) is 1. The first kappa shape index (κ1) is 11.8. The Morgan fingerprint density at radius 2 is 2.33 bits per heavy atom. The summed E-state index contributed by atoms with van der Waals surface area (Å²) in [5.41, 5.74) is 5.96. The van der Waals surface area contributed by atoms with Crippen LogP contribution >= 0.6 is 11.6 Å². The highest BCUT2D eigenvalue weighted by atomic mass is 35.5. The van der Waals surface area contributed by atoms with E-state index in [0.717, 1.165) is 25.1 Å². The molecule has 1 rings (SSSR count). The molecule has 0 atom stereocenters. The Morgan fingerprint density at radius 3 is 3.00 bits per heavy atom. The van der Waals surface area contributed by atoms with Crippen molar-refractivity contribution in [3.05, 3.63) is 23.5 Å². The molecule has 0 aliphatic rings. The van der Waals surface area contributed by atoms with Crippen LogP contribution in [0.5, 0.6) is 0 Å². The van der Waals surface area contributed by atoms with E-state index in [1.165, 1.54) is 0 Å². The number of rotatable bonds is 6. The van der Waals surface area contributed by atoms with Crippen LogP contribution in [0.4, 0.5) is 5.69 Å². The van der Waals surface area contributed by atoms with Crippen LogP contribution in [0.25, 0.3) is 0 Å². The Balaban J connectivity index is 2.17. The molecule has 0 fully saturated rings. The standard InChI is InChI=1S/C10H14ClN3O/c11-9-7-8(4-6-14-9)13-5-2-1-3-10(12)15/h4,6-7H,1-3,5H2,(H2,12,15)(H,13,14). The van der Waals surface area contributed by atoms with E-state index in [1.807, 2.05) is 6.07 Å². The van der Waals surface area contributed by atoms with Crippen LogP contribution in [-0.2, 0) is 4.79 Å². The molecule has 0 saturated carbocycles. The number of nitrogens with zero attached hydrogens (tertiary/aromatic N) is 1. The second kappa shape index (κ2) is 6.24. The highest BCUT2D eigenvalue weighted by Crippen LogP contribution is 2.11. The van der Waals surface area contributed by atoms with E-state index in [2.05, 4.69) is 10.3 Å². The summed E-state index contributed by atoms with van der Waals surface area (Å²) >= 11 is 5.71. The third-order valence-corrected chi connectivity index (χ3v) is 2.11. The van der Waals surface area contributed by atoms with Gasteiger partial charge in [0, 0.05) is 24.8 Å². The zero-order valence-corrected chi connectivity index (χ0v) is 9.13. The van der Waals surface area contributed by atoms with Crippen LogP contribution < -0.4 is 11.1 Å². The SMILES string of the molecule is NC(=O)CCCCNc1ccnc(Cl)c1. The quantitative estimate of drug-likeness (QED) is 0.575. The Hall–Kier alpha value is -1.29. The number of carbonyl (C=O) groups excluding carboxylic acids is 1. The predicted octanol–water partition coefficient (Wildman–Crippen LogP) is 1.80. The van der Waals surface area contributed by atoms with E-state index in [1.54, 1.807) is 12.3 Å². The molecule has 0 radical (unpaired) electrons. The molecule has 1 amide bonds. The van der Waals surface area contributed by atoms with Gasteiger partial charge in [0.05, 0.1) is 0 Å². The number of amides is 1. The van der Waals surface area contributed by atoms with Gasteiger partial charge in [-0.15, -0.1) is 0 Å². The maximum Gasteiger partial charge on any atom is 0.217 e. The number of pyridine rings is 1. The minimum absolute atomic E-state index is 0.248. The maximum atomic E-state index is 10.5. The number of hydrogen-bond acceptors (Lipinski definition) is 3. The van der Waals surface area contributed by atoms with Crippen molar-refractivity contribution in [2.75, 3.05) is 11.9 Å². The first-order valence-electron chi connectivity index (χ1n) is 4.82. The van der Waals surface area contributed by atoms with Crippen molar-refractivity contribution in [3.63, 3.8) is 0 Å². The second-order valence-electron chi connectivity index (χ2n) is 3.22. The van der Waals surface area contributed by atoms with Crippen molar-refractivity contribution >= 4 is 23.2 Å². The van der Waals surface area contributed by atoms with Crippen LogP contribution in [0.2, 0.25) is 5.15 Å². The summed E-state index contributed by atoms with van der Waals surface area (Å²) in [5, 5.41) is 3.65. The van der Waals surface area contributed by atoms with Gasteiger partial charge in [-0.3, -0.25) is 4.79 Å². The van der Waals surface area contributed by atoms with E-state index < -0.39 is 0 Å². The number of nitrogens with one attached hydrogen (secondary N) is 1. The minimum atomic E-state index is -0.248. The average Bonchev–Trinajstić information content (AvgIpc) is 2.17. The first-order chi connectivity index (χ1) is 7.18. The summed E-state index contributed by atoms with van der Waals surface area (Å²) in [7, 11) is 0. The molecule has 5 heteroatoms. The van der Waals surface area contributed by atoms with Crippen LogP contribution in [0.15, 0.2) is 18.3 Å². The smallest absolute Gasteiger partial charge is 0.217 e. The van der Waals surface area contributed by atoms with Crippen LogP contribution in [0.1, 0.15) is 19.3 Å². The van der Waals surface area contributed by atoms with Gasteiger partial charge in [0.25, 0.3) is 0 Å². The second-order valence-corrected chi connectivity index (χ2v) is 3.60. The molecule has 0 aromatic carbocycles. The van der Waals surface area contributed by atoms with E-state index in [9.17, 15) is 4.79 Å². The predicted molar refractivity (Wildman–Crippen MR) is 60.8 cm³/mol. The Morgan fingerprint density at radius 1 is 1.53 bits per heavy atom. The van der Waals surface area contributed by atoms with Crippen LogP contribution in [0, 0.1) is 0 Å². The fraction of sp³-hybridized carbons (Fsp3) is 0.400. The van der Waals surface area contributed by atoms with Crippen molar-refractivity contribution in [1.82, 2.24) is 4.98 Å². The summed E-state index contributed by atoms with van der Waals surface area (Å²) in [6.45, 7) is 0.799. The molecule has 15 heavy (non-hydrogen) atoms. The molecule has 1 heterocycles. The molecule has 0 bridgehead atoms. The Labute approximate surface area is 93.8 Å². The van der Waals surface area contributed by atoms with Gasteiger partial charge in [-0.05, 0) is 25.0 Å². The summed E-state index contributed by atoms with van der Waals surface area (Å²) in [6, 6.07) is 3.61. The maximum absolute atomic E-state index is 10.5. The zero-order valence-electron chi connectivity index (χ0n) is 8.37. The molecule has 0 spiro atoms. The Bertz CT molecular complexity index is 330. The van der Waals surface area contributed by atoms with Gasteiger partial charge in [0.15, 0.2) is 0 Å². The van der Waals surface area contributed by atoms with Gasteiger partial charge in [0.1, 0.15) is 5.15 Å². The van der Waals surface area contributed by atoms with Crippen molar-refractivity contribution in [2.45, 2.75) is 19.3 Å². The lowest BCUT2D eigenvalue weighted by Crippen LogP contribution is -2.10. The number of unbranched alkanes of at least 4 members (excludes halogenated alkanes) is 1. The molecule has 1 aromatic rings. The average molecular weight is 228 g/mol. The number of anilines is 1. The summed E-state index contributed by atoms with van der Waals surface area (Å²) < 4.78 is 0. The van der Waals surface area contributed by atoms with Crippen LogP contribution in [0.3, 0.4) is 0 Å². The highest BCUT2D eigenvalue weighted by molar-refractivity contribution is 6.29. The van der Waals surface area contributed by atoms with Crippen LogP contribution in [-0.4, -0.2) is 17.4 Å². The summed E-state index contributed by atoms with van der Waals surface area (Å²) in [4.78, 5) is 14.3. The fourth-order valence-electron chi connectivity index (χ4n) is 1.17. The van der Waals surface area contributed by atoms with Gasteiger partial charge in [-0.25, -0.2) is 4.98 Å². The number of halogens is 1. The molecule has 82 valence electrons. The molecule has 0 aliphatic carbocycles. The van der Waals surface area contributed by atoms with Gasteiger partial charge in [-0.2, -0.15) is 0 Å². The molecular formula is C10H14ClN3O. The van der Waals surface area contributed by atoms with Gasteiger partial charge in [-0.1, -0.05) is 11.6 Å². The Kier molecular flexibility index (Phi) is 4.90. The zero-order chi connectivity index (χ0) is 11.1.